The van der Waals surface area contributed by atoms with E-state index in [0.717, 1.165) is 32.9 Å². The van der Waals surface area contributed by atoms with Crippen LogP contribution in [-0.4, -0.2) is 50.5 Å². The Hall–Kier alpha value is -5.20. The van der Waals surface area contributed by atoms with Crippen LogP contribution in [0, 0.1) is 0 Å². The van der Waals surface area contributed by atoms with E-state index in [1.807, 2.05) is 91.0 Å². The average Bonchev–Trinajstić information content (AvgIpc) is 3.51. The molecule has 0 spiro atoms. The SMILES string of the molecule is C=CC1=C(C(=O)[O-])N2C(=O)[C@@H](NC(=O)C(=NOC(c3ccccc3)(c3ccccc3)c3ccccc3)c3csc(N)n3)[C@H]2SC1. The van der Waals surface area contributed by atoms with E-state index in [1.54, 1.807) is 5.38 Å². The molecule has 1 aromatic heterocycles. The Morgan fingerprint density at radius 3 is 2.04 bits per heavy atom. The normalized spacial score (nSPS) is 18.1. The van der Waals surface area contributed by atoms with Gasteiger partial charge in [0.05, 0.1) is 11.7 Å². The van der Waals surface area contributed by atoms with Crippen LogP contribution in [-0.2, 0) is 24.8 Å². The van der Waals surface area contributed by atoms with E-state index in [2.05, 4.69) is 22.0 Å². The fourth-order valence-electron chi connectivity index (χ4n) is 5.39. The molecule has 0 radical (unpaired) electrons. The summed E-state index contributed by atoms with van der Waals surface area (Å²) in [5.74, 6) is -2.53. The molecule has 226 valence electrons. The number of thiazole rings is 1. The standard InChI is InChI=1S/C33H27N5O5S2/c1-2-20-18-44-30-26(29(40)38(30)27(20)31(41)42)36-28(39)25(24-19-45-32(34)35-24)37-43-33(21-12-6-3-7-13-21,22-14-8-4-9-15-22)23-16-10-5-11-17-23/h2-17,19,26,30H,1,18H2,(H2,34,35)(H,36,39)(H,41,42)/p-1/t26-,30-/m1/s1. The van der Waals surface area contributed by atoms with Crippen LogP contribution in [0.15, 0.2) is 125 Å². The molecule has 1 fully saturated rings. The number of carboxylic acids is 1. The van der Waals surface area contributed by atoms with Gasteiger partial charge in [-0.1, -0.05) is 109 Å². The number of nitrogens with two attached hydrogens (primary N) is 1. The molecule has 0 aliphatic carbocycles. The lowest BCUT2D eigenvalue weighted by atomic mass is 9.80. The summed E-state index contributed by atoms with van der Waals surface area (Å²) in [5.41, 5.74) is 7.00. The van der Waals surface area contributed by atoms with Gasteiger partial charge < -0.3 is 25.8 Å². The molecule has 12 heteroatoms. The average molecular weight is 637 g/mol. The summed E-state index contributed by atoms with van der Waals surface area (Å²) >= 11 is 2.43. The first-order valence-corrected chi connectivity index (χ1v) is 15.7. The van der Waals surface area contributed by atoms with Crippen molar-refractivity contribution >= 4 is 51.7 Å². The Labute approximate surface area is 266 Å². The molecule has 4 aromatic rings. The first-order valence-electron chi connectivity index (χ1n) is 13.8. The third-order valence-electron chi connectivity index (χ3n) is 7.52. The zero-order valence-corrected chi connectivity index (χ0v) is 25.3. The maximum atomic E-state index is 13.9. The second kappa shape index (κ2) is 12.4. The molecule has 45 heavy (non-hydrogen) atoms. The van der Waals surface area contributed by atoms with E-state index >= 15 is 0 Å². The lowest BCUT2D eigenvalue weighted by molar-refractivity contribution is -0.301. The van der Waals surface area contributed by atoms with Crippen molar-refractivity contribution in [1.29, 1.82) is 0 Å². The number of nitrogens with one attached hydrogen (secondary N) is 1. The van der Waals surface area contributed by atoms with Gasteiger partial charge in [-0.15, -0.1) is 23.1 Å². The number of fused-ring (bicyclic) bond motifs is 1. The molecule has 2 aliphatic heterocycles. The van der Waals surface area contributed by atoms with E-state index in [0.29, 0.717) is 5.57 Å². The summed E-state index contributed by atoms with van der Waals surface area (Å²) < 4.78 is 0. The number of anilines is 1. The van der Waals surface area contributed by atoms with E-state index < -0.39 is 34.8 Å². The van der Waals surface area contributed by atoms with Crippen molar-refractivity contribution in [3.05, 3.63) is 143 Å². The smallest absolute Gasteiger partial charge is 0.276 e. The van der Waals surface area contributed by atoms with Crippen LogP contribution in [0.3, 0.4) is 0 Å². The summed E-state index contributed by atoms with van der Waals surface area (Å²) in [5, 5.41) is 20.2. The topological polar surface area (TPSA) is 150 Å². The Balaban J connectivity index is 1.40. The predicted octanol–water partition coefficient (Wildman–Crippen LogP) is 3.03. The van der Waals surface area contributed by atoms with Gasteiger partial charge in [-0.05, 0) is 5.57 Å². The van der Waals surface area contributed by atoms with E-state index in [1.165, 1.54) is 17.8 Å². The number of thioether (sulfide) groups is 1. The Morgan fingerprint density at radius 2 is 1.58 bits per heavy atom. The van der Waals surface area contributed by atoms with Crippen molar-refractivity contribution in [2.75, 3.05) is 11.5 Å². The molecular formula is C33H26N5O5S2-. The van der Waals surface area contributed by atoms with Crippen LogP contribution in [0.25, 0.3) is 0 Å². The fraction of sp³-hybridized carbons (Fsp3) is 0.121. The third-order valence-corrected chi connectivity index (χ3v) is 9.49. The van der Waals surface area contributed by atoms with Gasteiger partial charge in [-0.2, -0.15) is 0 Å². The second-order valence-electron chi connectivity index (χ2n) is 10.1. The van der Waals surface area contributed by atoms with Crippen molar-refractivity contribution in [3.8, 4) is 0 Å². The molecule has 0 bridgehead atoms. The van der Waals surface area contributed by atoms with Crippen LogP contribution >= 0.6 is 23.1 Å². The molecule has 3 aromatic carbocycles. The number of benzene rings is 3. The van der Waals surface area contributed by atoms with Crippen molar-refractivity contribution in [1.82, 2.24) is 15.2 Å². The quantitative estimate of drug-likeness (QED) is 0.117. The Bertz CT molecular complexity index is 1730. The summed E-state index contributed by atoms with van der Waals surface area (Å²) in [6, 6.07) is 27.5. The Kier molecular flexibility index (Phi) is 8.24. The van der Waals surface area contributed by atoms with Crippen LogP contribution < -0.4 is 16.2 Å². The second-order valence-corrected chi connectivity index (χ2v) is 12.1. The lowest BCUT2D eigenvalue weighted by Gasteiger charge is -2.50. The molecule has 0 saturated carbocycles. The Morgan fingerprint density at radius 1 is 1.02 bits per heavy atom. The number of carbonyl (C=O) groups excluding carboxylic acids is 3. The number of allylic oxidation sites excluding steroid dienone is 1. The number of amides is 2. The number of nitrogen functional groups attached to an aromatic ring is 1. The van der Waals surface area contributed by atoms with Crippen LogP contribution in [0.1, 0.15) is 22.4 Å². The monoisotopic (exact) mass is 636 g/mol. The number of oxime groups is 1. The van der Waals surface area contributed by atoms with Gasteiger partial charge in [0, 0.05) is 27.8 Å². The van der Waals surface area contributed by atoms with Crippen molar-refractivity contribution in [3.63, 3.8) is 0 Å². The van der Waals surface area contributed by atoms with Gasteiger partial charge in [0.25, 0.3) is 11.8 Å². The minimum absolute atomic E-state index is 0.155. The number of aromatic nitrogens is 1. The first kappa shape index (κ1) is 29.9. The summed E-state index contributed by atoms with van der Waals surface area (Å²) in [6.45, 7) is 3.64. The largest absolute Gasteiger partial charge is 0.543 e. The summed E-state index contributed by atoms with van der Waals surface area (Å²) in [7, 11) is 0. The molecular weight excluding hydrogens is 611 g/mol. The fourth-order valence-corrected chi connectivity index (χ4v) is 7.28. The van der Waals surface area contributed by atoms with Gasteiger partial charge in [0.2, 0.25) is 5.60 Å². The molecule has 3 heterocycles. The number of nitrogens with zero attached hydrogens (tertiary/aromatic N) is 3. The highest BCUT2D eigenvalue weighted by atomic mass is 32.2. The van der Waals surface area contributed by atoms with E-state index in [-0.39, 0.29) is 28.0 Å². The maximum absolute atomic E-state index is 13.9. The van der Waals surface area contributed by atoms with Crippen molar-refractivity contribution in [2.24, 2.45) is 5.16 Å². The molecule has 2 atom stereocenters. The number of β-lactam (4-membered cyclic amide) rings is 1. The highest BCUT2D eigenvalue weighted by molar-refractivity contribution is 8.00. The molecule has 2 amide bonds. The van der Waals surface area contributed by atoms with Crippen LogP contribution in [0.5, 0.6) is 0 Å². The summed E-state index contributed by atoms with van der Waals surface area (Å²) in [4.78, 5) is 50.9. The lowest BCUT2D eigenvalue weighted by Crippen LogP contribution is -2.71. The van der Waals surface area contributed by atoms with Gasteiger partial charge in [0.15, 0.2) is 10.8 Å². The zero-order chi connectivity index (χ0) is 31.6. The molecule has 3 N–H and O–H groups in total. The minimum Gasteiger partial charge on any atom is -0.543 e. The van der Waals surface area contributed by atoms with Crippen molar-refractivity contribution < 1.29 is 24.3 Å². The van der Waals surface area contributed by atoms with Crippen LogP contribution in [0.2, 0.25) is 0 Å². The minimum atomic E-state index is -1.49. The van der Waals surface area contributed by atoms with Crippen LogP contribution in [0.4, 0.5) is 5.13 Å². The number of hydrogen-bond donors (Lipinski definition) is 2. The predicted molar refractivity (Wildman–Crippen MR) is 171 cm³/mol. The highest BCUT2D eigenvalue weighted by Gasteiger charge is 2.53. The van der Waals surface area contributed by atoms with Gasteiger partial charge in [-0.25, -0.2) is 4.98 Å². The number of carboxylic acid groups (broad SMARTS) is 1. The van der Waals surface area contributed by atoms with E-state index in [4.69, 9.17) is 10.6 Å². The maximum Gasteiger partial charge on any atom is 0.276 e. The summed E-state index contributed by atoms with van der Waals surface area (Å²) in [6.07, 6.45) is 1.39. The molecule has 0 unspecified atom stereocenters. The number of rotatable bonds is 10. The molecule has 6 rings (SSSR count). The number of aliphatic carboxylic acids is 1. The third kappa shape index (κ3) is 5.38. The zero-order valence-electron chi connectivity index (χ0n) is 23.7. The molecule has 10 nitrogen and oxygen atoms in total. The molecule has 1 saturated heterocycles. The van der Waals surface area contributed by atoms with Crippen molar-refractivity contribution in [2.45, 2.75) is 17.0 Å². The first-order chi connectivity index (χ1) is 21.8. The molecule has 2 aliphatic rings. The number of carbonyl (C=O) groups is 3. The van der Waals surface area contributed by atoms with E-state index in [9.17, 15) is 19.5 Å². The van der Waals surface area contributed by atoms with Gasteiger partial charge in [0.1, 0.15) is 17.1 Å². The highest BCUT2D eigenvalue weighted by Crippen LogP contribution is 2.42. The number of hydrogen-bond acceptors (Lipinski definition) is 10. The van der Waals surface area contributed by atoms with Gasteiger partial charge >= 0.3 is 0 Å². The van der Waals surface area contributed by atoms with Gasteiger partial charge in [-0.3, -0.25) is 14.5 Å².